The van der Waals surface area contributed by atoms with E-state index in [9.17, 15) is 10.1 Å². The van der Waals surface area contributed by atoms with E-state index < -0.39 is 5.97 Å². The minimum absolute atomic E-state index is 0.0972. The third kappa shape index (κ3) is 4.79. The molecular formula is C18H15BrN4O2. The van der Waals surface area contributed by atoms with Crippen molar-refractivity contribution in [3.05, 3.63) is 46.1 Å². The lowest BCUT2D eigenvalue weighted by Gasteiger charge is -2.01. The Balaban J connectivity index is 2.49. The summed E-state index contributed by atoms with van der Waals surface area (Å²) < 4.78 is 7.46. The highest BCUT2D eigenvalue weighted by Crippen LogP contribution is 2.26. The first-order valence-corrected chi connectivity index (χ1v) is 8.37. The number of carbonyl (C=O) groups is 1. The van der Waals surface area contributed by atoms with Gasteiger partial charge in [0, 0.05) is 21.8 Å². The van der Waals surface area contributed by atoms with Gasteiger partial charge in [0.25, 0.3) is 0 Å². The number of hydrogen-bond donors (Lipinski definition) is 0. The number of benzene rings is 1. The molecule has 0 saturated carbocycles. The highest BCUT2D eigenvalue weighted by atomic mass is 79.9. The van der Waals surface area contributed by atoms with Crippen LogP contribution in [0.5, 0.6) is 0 Å². The van der Waals surface area contributed by atoms with Crippen LogP contribution in [0.15, 0.2) is 40.5 Å². The molecule has 0 unspecified atom stereocenters. The summed E-state index contributed by atoms with van der Waals surface area (Å²) in [4.78, 5) is 11.9. The average molecular weight is 399 g/mol. The summed E-state index contributed by atoms with van der Waals surface area (Å²) in [5.74, 6) is -0.670. The molecule has 0 aliphatic rings. The van der Waals surface area contributed by atoms with Crippen molar-refractivity contribution in [2.24, 2.45) is 0 Å². The lowest BCUT2D eigenvalue weighted by atomic mass is 10.1. The first-order chi connectivity index (χ1) is 12.1. The molecule has 0 bridgehead atoms. The zero-order valence-corrected chi connectivity index (χ0v) is 15.2. The maximum absolute atomic E-state index is 11.9. The Kier molecular flexibility index (Phi) is 6.50. The van der Waals surface area contributed by atoms with Crippen LogP contribution in [0.25, 0.3) is 17.3 Å². The van der Waals surface area contributed by atoms with Crippen LogP contribution in [0.1, 0.15) is 18.9 Å². The fourth-order valence-corrected chi connectivity index (χ4v) is 2.42. The van der Waals surface area contributed by atoms with Gasteiger partial charge in [-0.15, -0.1) is 0 Å². The van der Waals surface area contributed by atoms with E-state index in [0.29, 0.717) is 24.2 Å². The van der Waals surface area contributed by atoms with Crippen molar-refractivity contribution in [1.82, 2.24) is 9.78 Å². The molecule has 1 aromatic heterocycles. The zero-order chi connectivity index (χ0) is 18.2. The Morgan fingerprint density at radius 3 is 2.68 bits per heavy atom. The lowest BCUT2D eigenvalue weighted by molar-refractivity contribution is -0.137. The van der Waals surface area contributed by atoms with Crippen LogP contribution < -0.4 is 0 Å². The highest BCUT2D eigenvalue weighted by molar-refractivity contribution is 9.10. The van der Waals surface area contributed by atoms with Crippen molar-refractivity contribution in [1.29, 1.82) is 10.5 Å². The number of nitrogens with zero attached hydrogens (tertiary/aromatic N) is 4. The van der Waals surface area contributed by atoms with Crippen LogP contribution >= 0.6 is 15.9 Å². The first-order valence-electron chi connectivity index (χ1n) is 7.58. The average Bonchev–Trinajstić information content (AvgIpc) is 3.01. The van der Waals surface area contributed by atoms with Gasteiger partial charge in [-0.25, -0.2) is 4.79 Å². The van der Waals surface area contributed by atoms with Gasteiger partial charge in [0.05, 0.1) is 31.3 Å². The van der Waals surface area contributed by atoms with E-state index in [1.54, 1.807) is 17.8 Å². The van der Waals surface area contributed by atoms with Crippen LogP contribution in [0.4, 0.5) is 0 Å². The molecule has 25 heavy (non-hydrogen) atoms. The predicted octanol–water partition coefficient (Wildman–Crippen LogP) is 3.70. The second-order valence-electron chi connectivity index (χ2n) is 5.00. The Morgan fingerprint density at radius 2 is 2.08 bits per heavy atom. The number of ether oxygens (including phenoxy) is 1. The third-order valence-electron chi connectivity index (χ3n) is 3.28. The number of aromatic nitrogens is 2. The summed E-state index contributed by atoms with van der Waals surface area (Å²) in [6.07, 6.45) is 3.49. The number of carbonyl (C=O) groups excluding carboxylic acids is 1. The van der Waals surface area contributed by atoms with Crippen LogP contribution in [-0.4, -0.2) is 22.4 Å². The van der Waals surface area contributed by atoms with E-state index in [1.165, 1.54) is 6.08 Å². The second-order valence-corrected chi connectivity index (χ2v) is 5.92. The summed E-state index contributed by atoms with van der Waals surface area (Å²) >= 11 is 3.39. The van der Waals surface area contributed by atoms with Gasteiger partial charge in [-0.05, 0) is 25.1 Å². The maximum atomic E-state index is 11.9. The molecule has 2 aromatic rings. The summed E-state index contributed by atoms with van der Waals surface area (Å²) in [6, 6.07) is 11.5. The molecule has 0 saturated heterocycles. The molecule has 0 aliphatic carbocycles. The Labute approximate surface area is 154 Å². The summed E-state index contributed by atoms with van der Waals surface area (Å²) in [6.45, 7) is 2.30. The van der Waals surface area contributed by atoms with Crippen LogP contribution in [0.3, 0.4) is 0 Å². The minimum atomic E-state index is -0.670. The lowest BCUT2D eigenvalue weighted by Crippen LogP contribution is -2.06. The standard InChI is InChI=1S/C18H15BrN4O2/c1-2-25-18(24)14(11-21)10-15-12-23(9-3-8-20)22-17(15)13-4-6-16(19)7-5-13/h4-7,10,12H,2-3,9H2,1H3. The Bertz CT molecular complexity index is 870. The Hall–Kier alpha value is -2.90. The summed E-state index contributed by atoms with van der Waals surface area (Å²) in [5, 5.41) is 22.5. The fraction of sp³-hybridized carbons (Fsp3) is 0.222. The van der Waals surface area contributed by atoms with Gasteiger partial charge in [-0.1, -0.05) is 28.1 Å². The second kappa shape index (κ2) is 8.81. The molecule has 0 N–H and O–H groups in total. The molecule has 0 spiro atoms. The first kappa shape index (κ1) is 18.4. The molecule has 0 radical (unpaired) electrons. The molecule has 0 amide bonds. The summed E-state index contributed by atoms with van der Waals surface area (Å²) in [7, 11) is 0. The van der Waals surface area contributed by atoms with Gasteiger partial charge >= 0.3 is 5.97 Å². The number of aryl methyl sites for hydroxylation is 1. The van der Waals surface area contributed by atoms with Gasteiger partial charge in [0.2, 0.25) is 0 Å². The minimum Gasteiger partial charge on any atom is -0.462 e. The number of hydrogen-bond acceptors (Lipinski definition) is 5. The van der Waals surface area contributed by atoms with Gasteiger partial charge < -0.3 is 4.74 Å². The van der Waals surface area contributed by atoms with Gasteiger partial charge in [0.15, 0.2) is 0 Å². The van der Waals surface area contributed by atoms with Crippen molar-refractivity contribution in [2.45, 2.75) is 19.9 Å². The fourth-order valence-electron chi connectivity index (χ4n) is 2.15. The normalized spacial score (nSPS) is 10.8. The van der Waals surface area contributed by atoms with E-state index in [4.69, 9.17) is 10.00 Å². The molecule has 7 heteroatoms. The van der Waals surface area contributed by atoms with Crippen molar-refractivity contribution in [3.8, 4) is 23.4 Å². The molecule has 1 aromatic carbocycles. The molecule has 2 rings (SSSR count). The monoisotopic (exact) mass is 398 g/mol. The number of rotatable bonds is 6. The quantitative estimate of drug-likeness (QED) is 0.420. The third-order valence-corrected chi connectivity index (χ3v) is 3.80. The van der Waals surface area contributed by atoms with Gasteiger partial charge in [-0.2, -0.15) is 15.6 Å². The van der Waals surface area contributed by atoms with Crippen LogP contribution in [0, 0.1) is 22.7 Å². The number of esters is 1. The van der Waals surface area contributed by atoms with E-state index in [2.05, 4.69) is 27.1 Å². The predicted molar refractivity (Wildman–Crippen MR) is 95.8 cm³/mol. The maximum Gasteiger partial charge on any atom is 0.348 e. The number of halogens is 1. The van der Waals surface area contributed by atoms with Gasteiger partial charge in [-0.3, -0.25) is 4.68 Å². The molecule has 1 heterocycles. The number of nitriles is 2. The van der Waals surface area contributed by atoms with Crippen LogP contribution in [0.2, 0.25) is 0 Å². The molecule has 0 atom stereocenters. The SMILES string of the molecule is CCOC(=O)C(C#N)=Cc1cn(CCC#N)nc1-c1ccc(Br)cc1. The van der Waals surface area contributed by atoms with E-state index in [1.807, 2.05) is 30.3 Å². The molecular weight excluding hydrogens is 384 g/mol. The smallest absolute Gasteiger partial charge is 0.348 e. The summed E-state index contributed by atoms with van der Waals surface area (Å²) in [5.41, 5.74) is 1.98. The highest BCUT2D eigenvalue weighted by Gasteiger charge is 2.15. The molecule has 0 fully saturated rings. The van der Waals surface area contributed by atoms with Crippen molar-refractivity contribution in [2.75, 3.05) is 6.61 Å². The zero-order valence-electron chi connectivity index (χ0n) is 13.6. The largest absolute Gasteiger partial charge is 0.462 e. The van der Waals surface area contributed by atoms with E-state index in [0.717, 1.165) is 10.0 Å². The van der Waals surface area contributed by atoms with E-state index in [-0.39, 0.29) is 12.2 Å². The van der Waals surface area contributed by atoms with Crippen molar-refractivity contribution < 1.29 is 9.53 Å². The van der Waals surface area contributed by atoms with Gasteiger partial charge in [0.1, 0.15) is 11.6 Å². The topological polar surface area (TPSA) is 91.7 Å². The Morgan fingerprint density at radius 1 is 1.36 bits per heavy atom. The molecule has 6 nitrogen and oxygen atoms in total. The van der Waals surface area contributed by atoms with E-state index >= 15 is 0 Å². The molecule has 126 valence electrons. The van der Waals surface area contributed by atoms with Crippen LogP contribution in [-0.2, 0) is 16.1 Å². The molecule has 0 aliphatic heterocycles. The van der Waals surface area contributed by atoms with Crippen molar-refractivity contribution >= 4 is 28.0 Å². The van der Waals surface area contributed by atoms with Crippen molar-refractivity contribution in [3.63, 3.8) is 0 Å².